The second kappa shape index (κ2) is 2.78. The zero-order valence-corrected chi connectivity index (χ0v) is 8.05. The molecule has 0 aliphatic carbocycles. The molecule has 0 fully saturated rings. The second-order valence-electron chi connectivity index (χ2n) is 1.20. The van der Waals surface area contributed by atoms with Gasteiger partial charge >= 0.3 is 0 Å². The van der Waals surface area contributed by atoms with Crippen LogP contribution in [-0.4, -0.2) is 4.98 Å². The number of hydrogen-bond acceptors (Lipinski definition) is 3. The first kappa shape index (κ1) is 7.19. The SMILES string of the molecule is N#Cc1sc(Br)nc1Br. The molecule has 0 saturated carbocycles. The van der Waals surface area contributed by atoms with E-state index in [4.69, 9.17) is 5.26 Å². The van der Waals surface area contributed by atoms with E-state index in [1.54, 1.807) is 0 Å². The third-order valence-corrected chi connectivity index (χ3v) is 2.91. The van der Waals surface area contributed by atoms with Crippen molar-refractivity contribution in [2.75, 3.05) is 0 Å². The summed E-state index contributed by atoms with van der Waals surface area (Å²) in [5, 5.41) is 8.40. The Hall–Kier alpha value is 0.0800. The molecule has 0 bridgehead atoms. The van der Waals surface area contributed by atoms with Crippen LogP contribution in [0, 0.1) is 11.3 Å². The van der Waals surface area contributed by atoms with Crippen molar-refractivity contribution in [2.24, 2.45) is 0 Å². The van der Waals surface area contributed by atoms with Crippen molar-refractivity contribution in [1.82, 2.24) is 4.98 Å². The molecule has 1 aromatic rings. The van der Waals surface area contributed by atoms with Gasteiger partial charge in [0.1, 0.15) is 15.5 Å². The molecule has 0 aromatic carbocycles. The second-order valence-corrected chi connectivity index (χ2v) is 4.22. The first-order valence-electron chi connectivity index (χ1n) is 1.96. The maximum atomic E-state index is 8.40. The molecule has 0 aliphatic heterocycles. The minimum atomic E-state index is 0.599. The van der Waals surface area contributed by atoms with Crippen molar-refractivity contribution < 1.29 is 0 Å². The van der Waals surface area contributed by atoms with E-state index in [0.29, 0.717) is 9.48 Å². The topological polar surface area (TPSA) is 36.7 Å². The average molecular weight is 268 g/mol. The van der Waals surface area contributed by atoms with E-state index < -0.39 is 0 Å². The van der Waals surface area contributed by atoms with Crippen LogP contribution in [0.2, 0.25) is 0 Å². The van der Waals surface area contributed by atoms with E-state index in [2.05, 4.69) is 36.8 Å². The van der Waals surface area contributed by atoms with Crippen molar-refractivity contribution in [2.45, 2.75) is 0 Å². The normalized spacial score (nSPS) is 9.00. The van der Waals surface area contributed by atoms with Crippen molar-refractivity contribution in [3.05, 3.63) is 13.4 Å². The van der Waals surface area contributed by atoms with Gasteiger partial charge < -0.3 is 0 Å². The fourth-order valence-electron chi connectivity index (χ4n) is 0.346. The lowest BCUT2D eigenvalue weighted by Crippen LogP contribution is -1.64. The van der Waals surface area contributed by atoms with Gasteiger partial charge in [-0.1, -0.05) is 11.3 Å². The van der Waals surface area contributed by atoms with Crippen LogP contribution >= 0.6 is 43.2 Å². The Kier molecular flexibility index (Phi) is 2.22. The lowest BCUT2D eigenvalue weighted by molar-refractivity contribution is 1.31. The van der Waals surface area contributed by atoms with E-state index in [1.165, 1.54) is 11.3 Å². The van der Waals surface area contributed by atoms with Crippen molar-refractivity contribution in [3.63, 3.8) is 0 Å². The van der Waals surface area contributed by atoms with Gasteiger partial charge in [0.25, 0.3) is 0 Å². The Morgan fingerprint density at radius 2 is 2.22 bits per heavy atom. The van der Waals surface area contributed by atoms with Crippen LogP contribution in [0.4, 0.5) is 0 Å². The van der Waals surface area contributed by atoms with Gasteiger partial charge in [0.05, 0.1) is 0 Å². The number of rotatable bonds is 0. The molecule has 0 saturated heterocycles. The number of aromatic nitrogens is 1. The van der Waals surface area contributed by atoms with Crippen molar-refractivity contribution in [1.29, 1.82) is 5.26 Å². The maximum absolute atomic E-state index is 8.40. The van der Waals surface area contributed by atoms with Crippen molar-refractivity contribution >= 4 is 43.2 Å². The van der Waals surface area contributed by atoms with E-state index in [9.17, 15) is 0 Å². The molecule has 0 radical (unpaired) electrons. The monoisotopic (exact) mass is 266 g/mol. The molecular weight excluding hydrogens is 268 g/mol. The predicted molar refractivity (Wildman–Crippen MR) is 42.2 cm³/mol. The van der Waals surface area contributed by atoms with E-state index >= 15 is 0 Å². The molecule has 5 heteroatoms. The number of thiazole rings is 1. The molecule has 0 N–H and O–H groups in total. The van der Waals surface area contributed by atoms with E-state index in [-0.39, 0.29) is 0 Å². The summed E-state index contributed by atoms with van der Waals surface area (Å²) >= 11 is 7.59. The van der Waals surface area contributed by atoms with E-state index in [0.717, 1.165) is 3.92 Å². The fraction of sp³-hybridized carbons (Fsp3) is 0. The van der Waals surface area contributed by atoms with Crippen LogP contribution in [-0.2, 0) is 0 Å². The summed E-state index contributed by atoms with van der Waals surface area (Å²) in [6, 6.07) is 2.00. The largest absolute Gasteiger partial charge is 0.221 e. The van der Waals surface area contributed by atoms with Gasteiger partial charge in [0.2, 0.25) is 0 Å². The zero-order valence-electron chi connectivity index (χ0n) is 4.06. The molecule has 1 aromatic heterocycles. The van der Waals surface area contributed by atoms with Gasteiger partial charge in [0.15, 0.2) is 3.92 Å². The lowest BCUT2D eigenvalue weighted by Gasteiger charge is -1.72. The minimum absolute atomic E-state index is 0.599. The summed E-state index contributed by atoms with van der Waals surface area (Å²) in [6.07, 6.45) is 0. The van der Waals surface area contributed by atoms with Crippen LogP contribution in [0.15, 0.2) is 8.52 Å². The maximum Gasteiger partial charge on any atom is 0.161 e. The molecule has 0 atom stereocenters. The number of hydrogen-bond donors (Lipinski definition) is 0. The fourth-order valence-corrected chi connectivity index (χ4v) is 2.35. The Balaban J connectivity index is 3.20. The predicted octanol–water partition coefficient (Wildman–Crippen LogP) is 2.54. The molecule has 1 rings (SSSR count). The molecule has 0 spiro atoms. The lowest BCUT2D eigenvalue weighted by atomic mass is 10.6. The van der Waals surface area contributed by atoms with Gasteiger partial charge in [-0.15, -0.1) is 0 Å². The quantitative estimate of drug-likeness (QED) is 0.724. The summed E-state index contributed by atoms with van der Waals surface area (Å²) in [4.78, 5) is 4.51. The molecule has 0 aliphatic rings. The van der Waals surface area contributed by atoms with Crippen LogP contribution in [0.5, 0.6) is 0 Å². The zero-order chi connectivity index (χ0) is 6.85. The summed E-state index contributed by atoms with van der Waals surface area (Å²) < 4.78 is 1.34. The third-order valence-electron chi connectivity index (χ3n) is 0.661. The first-order chi connectivity index (χ1) is 4.24. The Labute approximate surface area is 72.8 Å². The van der Waals surface area contributed by atoms with E-state index in [1.807, 2.05) is 6.07 Å². The minimum Gasteiger partial charge on any atom is -0.221 e. The van der Waals surface area contributed by atoms with Crippen LogP contribution < -0.4 is 0 Å². The van der Waals surface area contributed by atoms with Crippen molar-refractivity contribution in [3.8, 4) is 6.07 Å². The molecule has 1 heterocycles. The van der Waals surface area contributed by atoms with Crippen LogP contribution in [0.1, 0.15) is 4.88 Å². The summed E-state index contributed by atoms with van der Waals surface area (Å²) in [6.45, 7) is 0. The summed E-state index contributed by atoms with van der Waals surface area (Å²) in [5.41, 5.74) is 0. The first-order valence-corrected chi connectivity index (χ1v) is 4.36. The molecule has 0 unspecified atom stereocenters. The van der Waals surface area contributed by atoms with Gasteiger partial charge in [-0.2, -0.15) is 5.26 Å². The summed E-state index contributed by atoms with van der Waals surface area (Å²) in [7, 11) is 0. The smallest absolute Gasteiger partial charge is 0.161 e. The molecule has 0 amide bonds. The molecule has 2 nitrogen and oxygen atoms in total. The molecule has 9 heavy (non-hydrogen) atoms. The summed E-state index contributed by atoms with van der Waals surface area (Å²) in [5.74, 6) is 0. The average Bonchev–Trinajstić information content (AvgIpc) is 2.10. The highest BCUT2D eigenvalue weighted by Gasteiger charge is 2.03. The number of nitriles is 1. The number of halogens is 2. The standard InChI is InChI=1S/C4Br2N2S/c5-3-2(1-7)9-4(6)8-3. The number of nitrogens with zero attached hydrogens (tertiary/aromatic N) is 2. The molecule has 46 valence electrons. The Bertz CT molecular complexity index is 262. The van der Waals surface area contributed by atoms with Crippen LogP contribution in [0.3, 0.4) is 0 Å². The highest BCUT2D eigenvalue weighted by molar-refractivity contribution is 9.11. The van der Waals surface area contributed by atoms with Gasteiger partial charge in [-0.05, 0) is 31.9 Å². The third kappa shape index (κ3) is 1.51. The van der Waals surface area contributed by atoms with Gasteiger partial charge in [-0.25, -0.2) is 4.98 Å². The Morgan fingerprint density at radius 1 is 1.56 bits per heavy atom. The molecular formula is C4Br2N2S. The van der Waals surface area contributed by atoms with Crippen LogP contribution in [0.25, 0.3) is 0 Å². The highest BCUT2D eigenvalue weighted by atomic mass is 79.9. The Morgan fingerprint density at radius 3 is 2.44 bits per heavy atom. The highest BCUT2D eigenvalue weighted by Crippen LogP contribution is 2.25. The van der Waals surface area contributed by atoms with Gasteiger partial charge in [0, 0.05) is 0 Å². The van der Waals surface area contributed by atoms with Gasteiger partial charge in [-0.3, -0.25) is 0 Å².